The molecule has 0 radical (unpaired) electrons. The molecule has 0 aliphatic heterocycles. The van der Waals surface area contributed by atoms with Gasteiger partial charge in [0.25, 0.3) is 5.91 Å². The highest BCUT2D eigenvalue weighted by Crippen LogP contribution is 2.30. The molecule has 3 rings (SSSR count). The maximum Gasteiger partial charge on any atom is 0.273 e. The van der Waals surface area contributed by atoms with Crippen molar-refractivity contribution in [2.24, 2.45) is 0 Å². The molecule has 25 heavy (non-hydrogen) atoms. The summed E-state index contributed by atoms with van der Waals surface area (Å²) in [7, 11) is 1.48. The van der Waals surface area contributed by atoms with Gasteiger partial charge < -0.3 is 15.2 Å². The second-order valence-electron chi connectivity index (χ2n) is 5.47. The van der Waals surface area contributed by atoms with Gasteiger partial charge in [0.05, 0.1) is 12.8 Å². The fraction of sp³-hybridized carbons (Fsp3) is 0.111. The molecule has 1 heterocycles. The summed E-state index contributed by atoms with van der Waals surface area (Å²) >= 11 is 5.96. The van der Waals surface area contributed by atoms with Crippen LogP contribution in [0.4, 0.5) is 5.69 Å². The van der Waals surface area contributed by atoms with Gasteiger partial charge in [0.2, 0.25) is 0 Å². The van der Waals surface area contributed by atoms with Crippen molar-refractivity contribution in [2.45, 2.75) is 6.92 Å². The lowest BCUT2D eigenvalue weighted by Crippen LogP contribution is -2.13. The molecule has 3 aromatic rings. The average molecular weight is 358 g/mol. The Kier molecular flexibility index (Phi) is 4.63. The normalized spacial score (nSPS) is 10.5. The number of hydrogen-bond donors (Lipinski definition) is 3. The number of carbonyl (C=O) groups is 1. The van der Waals surface area contributed by atoms with Crippen molar-refractivity contribution >= 4 is 23.2 Å². The van der Waals surface area contributed by atoms with Crippen LogP contribution in [0.2, 0.25) is 5.02 Å². The molecule has 128 valence electrons. The Morgan fingerprint density at radius 3 is 2.76 bits per heavy atom. The summed E-state index contributed by atoms with van der Waals surface area (Å²) in [4.78, 5) is 12.4. The molecule has 2 aromatic carbocycles. The third-order valence-electron chi connectivity index (χ3n) is 3.74. The van der Waals surface area contributed by atoms with E-state index in [0.717, 1.165) is 5.56 Å². The summed E-state index contributed by atoms with van der Waals surface area (Å²) < 4.78 is 5.01. The number of aromatic nitrogens is 2. The molecule has 0 fully saturated rings. The molecule has 0 atom stereocenters. The largest absolute Gasteiger partial charge is 0.504 e. The van der Waals surface area contributed by atoms with Crippen molar-refractivity contribution in [3.8, 4) is 22.8 Å². The molecular formula is C18H16ClN3O3. The maximum atomic E-state index is 12.4. The molecule has 0 bridgehead atoms. The van der Waals surface area contributed by atoms with Crippen molar-refractivity contribution in [1.82, 2.24) is 10.2 Å². The molecule has 1 amide bonds. The first kappa shape index (κ1) is 16.9. The van der Waals surface area contributed by atoms with E-state index in [2.05, 4.69) is 15.5 Å². The number of phenols is 1. The van der Waals surface area contributed by atoms with Crippen LogP contribution in [-0.4, -0.2) is 28.3 Å². The van der Waals surface area contributed by atoms with Crippen LogP contribution in [0.15, 0.2) is 42.5 Å². The lowest BCUT2D eigenvalue weighted by Gasteiger charge is -2.07. The number of ether oxygens (including phenoxy) is 1. The van der Waals surface area contributed by atoms with E-state index in [-0.39, 0.29) is 11.7 Å². The molecule has 7 heteroatoms. The van der Waals surface area contributed by atoms with Gasteiger partial charge in [-0.1, -0.05) is 17.7 Å². The first-order chi connectivity index (χ1) is 12.0. The molecule has 6 nitrogen and oxygen atoms in total. The standard InChI is InChI=1S/C18H16ClN3O3/c1-10-3-5-12(19)8-13(10)20-18(24)15-9-14(21-22-15)11-4-6-17(25-2)16(23)7-11/h3-9,23H,1-2H3,(H,20,24)(H,21,22). The van der Waals surface area contributed by atoms with Gasteiger partial charge >= 0.3 is 0 Å². The lowest BCUT2D eigenvalue weighted by atomic mass is 10.1. The van der Waals surface area contributed by atoms with E-state index in [0.29, 0.717) is 33.4 Å². The van der Waals surface area contributed by atoms with Crippen LogP contribution in [0.3, 0.4) is 0 Å². The lowest BCUT2D eigenvalue weighted by molar-refractivity contribution is 0.102. The van der Waals surface area contributed by atoms with Crippen LogP contribution in [0.25, 0.3) is 11.3 Å². The highest BCUT2D eigenvalue weighted by atomic mass is 35.5. The smallest absolute Gasteiger partial charge is 0.273 e. The van der Waals surface area contributed by atoms with Gasteiger partial charge in [0, 0.05) is 16.3 Å². The number of aryl methyl sites for hydroxylation is 1. The second-order valence-corrected chi connectivity index (χ2v) is 5.90. The molecule has 3 N–H and O–H groups in total. The van der Waals surface area contributed by atoms with Gasteiger partial charge in [-0.15, -0.1) is 0 Å². The van der Waals surface area contributed by atoms with Crippen LogP contribution in [0, 0.1) is 6.92 Å². The van der Waals surface area contributed by atoms with Crippen LogP contribution < -0.4 is 10.1 Å². The number of nitrogens with one attached hydrogen (secondary N) is 2. The van der Waals surface area contributed by atoms with Crippen LogP contribution in [-0.2, 0) is 0 Å². The Morgan fingerprint density at radius 2 is 2.04 bits per heavy atom. The number of benzene rings is 2. The Bertz CT molecular complexity index is 937. The minimum atomic E-state index is -0.332. The number of aromatic amines is 1. The van der Waals surface area contributed by atoms with Crippen molar-refractivity contribution in [3.05, 3.63) is 58.7 Å². The molecule has 0 aliphatic rings. The molecule has 0 aliphatic carbocycles. The predicted octanol–water partition coefficient (Wildman–Crippen LogP) is 4.01. The van der Waals surface area contributed by atoms with E-state index in [9.17, 15) is 9.90 Å². The maximum absolute atomic E-state index is 12.4. The Morgan fingerprint density at radius 1 is 1.24 bits per heavy atom. The van der Waals surface area contributed by atoms with E-state index >= 15 is 0 Å². The highest BCUT2D eigenvalue weighted by molar-refractivity contribution is 6.31. The number of nitrogens with zero attached hydrogens (tertiary/aromatic N) is 1. The van der Waals surface area contributed by atoms with Gasteiger partial charge in [-0.3, -0.25) is 9.89 Å². The molecule has 0 spiro atoms. The molecule has 0 unspecified atom stereocenters. The third kappa shape index (κ3) is 3.59. The Labute approximate surface area is 149 Å². The summed E-state index contributed by atoms with van der Waals surface area (Å²) in [6.45, 7) is 1.88. The number of amides is 1. The fourth-order valence-corrected chi connectivity index (χ4v) is 2.53. The number of halogens is 1. The van der Waals surface area contributed by atoms with Crippen LogP contribution >= 0.6 is 11.6 Å². The Hall–Kier alpha value is -2.99. The second kappa shape index (κ2) is 6.86. The highest BCUT2D eigenvalue weighted by Gasteiger charge is 2.13. The van der Waals surface area contributed by atoms with Gasteiger partial charge in [0.1, 0.15) is 5.69 Å². The van der Waals surface area contributed by atoms with Gasteiger partial charge in [0.15, 0.2) is 11.5 Å². The number of phenolic OH excluding ortho intramolecular Hbond substituents is 1. The van der Waals surface area contributed by atoms with Crippen molar-refractivity contribution in [2.75, 3.05) is 12.4 Å². The van der Waals surface area contributed by atoms with Crippen LogP contribution in [0.5, 0.6) is 11.5 Å². The number of aromatic hydroxyl groups is 1. The molecule has 1 aromatic heterocycles. The van der Waals surface area contributed by atoms with Gasteiger partial charge in [-0.25, -0.2) is 0 Å². The predicted molar refractivity (Wildman–Crippen MR) is 96.4 cm³/mol. The number of rotatable bonds is 4. The van der Waals surface area contributed by atoms with Crippen LogP contribution in [0.1, 0.15) is 16.1 Å². The number of methoxy groups -OCH3 is 1. The quantitative estimate of drug-likeness (QED) is 0.658. The first-order valence-corrected chi connectivity index (χ1v) is 7.86. The van der Waals surface area contributed by atoms with E-state index in [1.54, 1.807) is 30.3 Å². The minimum Gasteiger partial charge on any atom is -0.504 e. The number of H-pyrrole nitrogens is 1. The zero-order valence-electron chi connectivity index (χ0n) is 13.6. The van der Waals surface area contributed by atoms with E-state index in [1.807, 2.05) is 13.0 Å². The number of hydrogen-bond acceptors (Lipinski definition) is 4. The molecular weight excluding hydrogens is 342 g/mol. The summed E-state index contributed by atoms with van der Waals surface area (Å²) in [5.41, 5.74) is 3.02. The van der Waals surface area contributed by atoms with Crippen molar-refractivity contribution in [1.29, 1.82) is 0 Å². The summed E-state index contributed by atoms with van der Waals surface area (Å²) in [5, 5.41) is 20.0. The number of anilines is 1. The van der Waals surface area contributed by atoms with Gasteiger partial charge in [-0.05, 0) is 48.9 Å². The van der Waals surface area contributed by atoms with E-state index in [1.165, 1.54) is 13.2 Å². The summed E-state index contributed by atoms with van der Waals surface area (Å²) in [5.74, 6) is 0.0408. The number of carbonyl (C=O) groups excluding carboxylic acids is 1. The molecule has 0 saturated heterocycles. The molecule has 0 saturated carbocycles. The van der Waals surface area contributed by atoms with Crippen molar-refractivity contribution < 1.29 is 14.6 Å². The SMILES string of the molecule is COc1ccc(-c2cc(C(=O)Nc3cc(Cl)ccc3C)[nH]n2)cc1O. The van der Waals surface area contributed by atoms with E-state index < -0.39 is 0 Å². The minimum absolute atomic E-state index is 0.00329. The zero-order chi connectivity index (χ0) is 18.0. The van der Waals surface area contributed by atoms with Crippen molar-refractivity contribution in [3.63, 3.8) is 0 Å². The fourth-order valence-electron chi connectivity index (χ4n) is 2.35. The average Bonchev–Trinajstić information content (AvgIpc) is 3.08. The summed E-state index contributed by atoms with van der Waals surface area (Å²) in [6, 6.07) is 11.8. The van der Waals surface area contributed by atoms with Gasteiger partial charge in [-0.2, -0.15) is 5.10 Å². The Balaban J connectivity index is 1.82. The topological polar surface area (TPSA) is 87.2 Å². The van der Waals surface area contributed by atoms with E-state index in [4.69, 9.17) is 16.3 Å². The third-order valence-corrected chi connectivity index (χ3v) is 3.98. The first-order valence-electron chi connectivity index (χ1n) is 7.48. The monoisotopic (exact) mass is 357 g/mol. The zero-order valence-corrected chi connectivity index (χ0v) is 14.4. The summed E-state index contributed by atoms with van der Waals surface area (Å²) in [6.07, 6.45) is 0.